The van der Waals surface area contributed by atoms with Crippen molar-refractivity contribution >= 4 is 7.82 Å². The van der Waals surface area contributed by atoms with Crippen LogP contribution in [-0.2, 0) is 18.7 Å². The number of unbranched alkanes of at least 4 members (excludes halogenated alkanes) is 13. The Morgan fingerprint density at radius 2 is 1.12 bits per heavy atom. The van der Waals surface area contributed by atoms with E-state index < -0.39 is 7.82 Å². The predicted octanol–water partition coefficient (Wildman–Crippen LogP) is 2.92. The topological polar surface area (TPSA) is 67.8 Å². The Hall–Kier alpha value is 1.07. The summed E-state index contributed by atoms with van der Waals surface area (Å²) in [7, 11) is -4.25. The van der Waals surface area contributed by atoms with Gasteiger partial charge in [-0.3, -0.25) is 4.57 Å². The van der Waals surface area contributed by atoms with Crippen molar-refractivity contribution in [3.05, 3.63) is 0 Å². The second-order valence-electron chi connectivity index (χ2n) is 6.36. The summed E-state index contributed by atoms with van der Waals surface area (Å²) in [4.78, 5) is 15.7. The maximum absolute atomic E-state index is 11.0. The van der Waals surface area contributed by atoms with Gasteiger partial charge in [0.15, 0.2) is 0 Å². The second kappa shape index (κ2) is 21.4. The quantitative estimate of drug-likeness (QED) is 0.112. The molecule has 0 aliphatic rings. The van der Waals surface area contributed by atoms with Crippen molar-refractivity contribution in [3.63, 3.8) is 0 Å². The van der Waals surface area contributed by atoms with Gasteiger partial charge in [-0.15, -0.1) is 0 Å². The third-order valence-corrected chi connectivity index (χ3v) is 4.87. The zero-order valence-corrected chi connectivity index (χ0v) is 19.7. The molecule has 0 spiro atoms. The van der Waals surface area contributed by atoms with Gasteiger partial charge in [-0.1, -0.05) is 90.4 Å². The molecule has 0 aliphatic carbocycles. The van der Waals surface area contributed by atoms with Gasteiger partial charge in [-0.25, -0.2) is 4.89 Å². The van der Waals surface area contributed by atoms with Crippen molar-refractivity contribution in [2.75, 3.05) is 13.2 Å². The van der Waals surface area contributed by atoms with Gasteiger partial charge in [0.1, 0.15) is 0 Å². The van der Waals surface area contributed by atoms with E-state index in [2.05, 4.69) is 21.0 Å². The fourth-order valence-corrected chi connectivity index (χ4v) is 3.20. The van der Waals surface area contributed by atoms with E-state index >= 15 is 0 Å². The Balaban J connectivity index is 0. The Morgan fingerprint density at radius 1 is 0.720 bits per heavy atom. The van der Waals surface area contributed by atoms with Gasteiger partial charge in [-0.05, 0) is 13.3 Å². The van der Waals surface area contributed by atoms with E-state index in [1.807, 2.05) is 0 Å². The number of hydrogen-bond acceptors (Lipinski definition) is 5. The smallest absolute Gasteiger partial charge is 0.754 e. The van der Waals surface area contributed by atoms with Crippen LogP contribution < -0.4 is 34.5 Å². The summed E-state index contributed by atoms with van der Waals surface area (Å²) in [6, 6.07) is 0. The van der Waals surface area contributed by atoms with E-state index in [4.69, 9.17) is 0 Å². The van der Waals surface area contributed by atoms with Crippen molar-refractivity contribution in [2.45, 2.75) is 104 Å². The van der Waals surface area contributed by atoms with Gasteiger partial charge < -0.3 is 9.42 Å². The van der Waals surface area contributed by atoms with Crippen molar-refractivity contribution in [1.82, 2.24) is 0 Å². The summed E-state index contributed by atoms with van der Waals surface area (Å²) in [6.07, 6.45) is 18.0. The fraction of sp³-hybridized carbons (Fsp3) is 1.00. The van der Waals surface area contributed by atoms with Gasteiger partial charge in [0.2, 0.25) is 0 Å². The van der Waals surface area contributed by atoms with E-state index in [0.29, 0.717) is 0 Å². The molecule has 0 aromatic rings. The Morgan fingerprint density at radius 3 is 1.52 bits per heavy atom. The minimum atomic E-state index is -4.25. The molecular weight excluding hydrogens is 350 g/mol. The predicted molar refractivity (Wildman–Crippen MR) is 96.6 cm³/mol. The first-order valence-electron chi connectivity index (χ1n) is 9.89. The third-order valence-electron chi connectivity index (χ3n) is 4.01. The minimum absolute atomic E-state index is 0. The molecule has 0 aliphatic heterocycles. The average molecular weight is 388 g/mol. The molecule has 0 bridgehead atoms. The van der Waals surface area contributed by atoms with E-state index in [9.17, 15) is 9.46 Å². The second-order valence-corrected chi connectivity index (χ2v) is 7.66. The summed E-state index contributed by atoms with van der Waals surface area (Å²) in [5.41, 5.74) is 0. The van der Waals surface area contributed by atoms with Crippen LogP contribution in [0.1, 0.15) is 104 Å². The largest absolute Gasteiger partial charge is 1.00 e. The molecule has 0 rings (SSSR count). The van der Waals surface area contributed by atoms with Crippen LogP contribution in [0.4, 0.5) is 0 Å². The monoisotopic (exact) mass is 388 g/mol. The van der Waals surface area contributed by atoms with Crippen LogP contribution in [0, 0.1) is 0 Å². The zero-order chi connectivity index (χ0) is 17.9. The van der Waals surface area contributed by atoms with Gasteiger partial charge in [-0.2, -0.15) is 4.67 Å². The van der Waals surface area contributed by atoms with Crippen molar-refractivity contribution in [2.24, 2.45) is 0 Å². The zero-order valence-electron chi connectivity index (χ0n) is 16.8. The normalized spacial score (nSPS) is 13.4. The minimum Gasteiger partial charge on any atom is -0.754 e. The molecular formula is C18H38NaO5P. The van der Waals surface area contributed by atoms with Gasteiger partial charge in [0.05, 0.1) is 13.2 Å². The molecule has 0 saturated carbocycles. The van der Waals surface area contributed by atoms with Crippen LogP contribution >= 0.6 is 7.82 Å². The molecule has 0 heterocycles. The van der Waals surface area contributed by atoms with E-state index in [1.165, 1.54) is 77.0 Å². The molecule has 5 nitrogen and oxygen atoms in total. The summed E-state index contributed by atoms with van der Waals surface area (Å²) in [5, 5.41) is 0. The van der Waals surface area contributed by atoms with Crippen LogP contribution in [0.15, 0.2) is 0 Å². The molecule has 0 amide bonds. The van der Waals surface area contributed by atoms with Crippen molar-refractivity contribution in [1.29, 1.82) is 0 Å². The van der Waals surface area contributed by atoms with Crippen LogP contribution in [0.25, 0.3) is 0 Å². The summed E-state index contributed by atoms with van der Waals surface area (Å²) in [6.45, 7) is 4.19. The fourth-order valence-electron chi connectivity index (χ4n) is 2.64. The maximum atomic E-state index is 11.0. The molecule has 25 heavy (non-hydrogen) atoms. The van der Waals surface area contributed by atoms with Crippen LogP contribution in [0.3, 0.4) is 0 Å². The first-order valence-corrected chi connectivity index (χ1v) is 11.3. The molecule has 7 heteroatoms. The summed E-state index contributed by atoms with van der Waals surface area (Å²) < 4.78 is 19.7. The number of phosphoric acid groups is 1. The first kappa shape index (κ1) is 28.3. The van der Waals surface area contributed by atoms with E-state index in [0.717, 1.165) is 12.8 Å². The van der Waals surface area contributed by atoms with E-state index in [1.54, 1.807) is 6.92 Å². The molecule has 0 N–H and O–H groups in total. The molecule has 0 radical (unpaired) electrons. The molecule has 0 aromatic heterocycles. The standard InChI is InChI=1S/C18H39O5P.Na/c1-3-5-6-7-8-9-10-11-12-13-14-15-16-17-18-21-23-24(19,20)22-4-2;/h3-18H2,1-2H3,(H,19,20);/q;+1/p-1. The van der Waals surface area contributed by atoms with Crippen LogP contribution in [0.2, 0.25) is 0 Å². The van der Waals surface area contributed by atoms with Gasteiger partial charge in [0.25, 0.3) is 7.82 Å². The Kier molecular flexibility index (Phi) is 24.2. The van der Waals surface area contributed by atoms with Gasteiger partial charge >= 0.3 is 29.6 Å². The number of hydrogen-bond donors (Lipinski definition) is 0. The van der Waals surface area contributed by atoms with Crippen LogP contribution in [0.5, 0.6) is 0 Å². The molecule has 0 fully saturated rings. The molecule has 1 unspecified atom stereocenters. The molecule has 0 aromatic carbocycles. The number of rotatable bonds is 19. The molecule has 146 valence electrons. The van der Waals surface area contributed by atoms with Gasteiger partial charge in [0, 0.05) is 0 Å². The van der Waals surface area contributed by atoms with Crippen molar-refractivity contribution in [3.8, 4) is 0 Å². The molecule has 1 atom stereocenters. The number of phosphoric ester groups is 1. The maximum Gasteiger partial charge on any atom is 1.00 e. The Labute approximate surface area is 177 Å². The SMILES string of the molecule is CCCCCCCCCCCCCCCCOOP(=O)([O-])OCC.[Na+]. The van der Waals surface area contributed by atoms with E-state index in [-0.39, 0.29) is 42.8 Å². The van der Waals surface area contributed by atoms with Crippen LogP contribution in [-0.4, -0.2) is 13.2 Å². The Bertz CT molecular complexity index is 305. The summed E-state index contributed by atoms with van der Waals surface area (Å²) in [5.74, 6) is 0. The average Bonchev–Trinajstić information content (AvgIpc) is 2.54. The first-order chi connectivity index (χ1) is 11.6. The summed E-state index contributed by atoms with van der Waals surface area (Å²) >= 11 is 0. The third kappa shape index (κ3) is 23.0. The van der Waals surface area contributed by atoms with Crippen molar-refractivity contribution < 1.29 is 53.1 Å². The molecule has 0 saturated heterocycles.